The Morgan fingerprint density at radius 1 is 1.44 bits per heavy atom. The summed E-state index contributed by atoms with van der Waals surface area (Å²) in [4.78, 5) is 12.0. The highest BCUT2D eigenvalue weighted by molar-refractivity contribution is 6.32. The first-order valence-electron chi connectivity index (χ1n) is 6.00. The standard InChI is InChI=1S/C14H16ClNO2/c1-18-13-8-7-11(9-12(13)15)16-14(17)10-5-3-2-4-6-10/h2-3,7-10H,4-6H2,1H3,(H,16,17). The van der Waals surface area contributed by atoms with Crippen LogP contribution in [0.2, 0.25) is 5.02 Å². The van der Waals surface area contributed by atoms with Crippen molar-refractivity contribution in [2.24, 2.45) is 5.92 Å². The van der Waals surface area contributed by atoms with E-state index < -0.39 is 0 Å². The molecular weight excluding hydrogens is 250 g/mol. The van der Waals surface area contributed by atoms with E-state index in [1.807, 2.05) is 0 Å². The van der Waals surface area contributed by atoms with Gasteiger partial charge < -0.3 is 10.1 Å². The van der Waals surface area contributed by atoms with E-state index in [0.717, 1.165) is 19.3 Å². The fraction of sp³-hybridized carbons (Fsp3) is 0.357. The molecule has 1 N–H and O–H groups in total. The molecule has 1 aliphatic carbocycles. The number of methoxy groups -OCH3 is 1. The van der Waals surface area contributed by atoms with E-state index in [9.17, 15) is 4.79 Å². The Hall–Kier alpha value is -1.48. The van der Waals surface area contributed by atoms with E-state index in [-0.39, 0.29) is 11.8 Å². The van der Waals surface area contributed by atoms with Gasteiger partial charge in [0.15, 0.2) is 0 Å². The Labute approximate surface area is 112 Å². The Bertz CT molecular complexity index is 471. The number of amides is 1. The van der Waals surface area contributed by atoms with Crippen LogP contribution < -0.4 is 10.1 Å². The molecular formula is C14H16ClNO2. The molecule has 1 aromatic rings. The van der Waals surface area contributed by atoms with Gasteiger partial charge in [0, 0.05) is 11.6 Å². The van der Waals surface area contributed by atoms with Crippen LogP contribution in [0.5, 0.6) is 5.75 Å². The smallest absolute Gasteiger partial charge is 0.227 e. The van der Waals surface area contributed by atoms with Crippen molar-refractivity contribution in [3.05, 3.63) is 35.4 Å². The quantitative estimate of drug-likeness (QED) is 0.848. The maximum Gasteiger partial charge on any atom is 0.227 e. The molecule has 3 nitrogen and oxygen atoms in total. The highest BCUT2D eigenvalue weighted by Gasteiger charge is 2.18. The van der Waals surface area contributed by atoms with Crippen LogP contribution in [0.3, 0.4) is 0 Å². The van der Waals surface area contributed by atoms with Gasteiger partial charge in [0.2, 0.25) is 5.91 Å². The molecule has 0 fully saturated rings. The van der Waals surface area contributed by atoms with E-state index in [1.54, 1.807) is 25.3 Å². The Kier molecular flexibility index (Phi) is 4.26. The van der Waals surface area contributed by atoms with Gasteiger partial charge in [-0.15, -0.1) is 0 Å². The minimum absolute atomic E-state index is 0.0561. The van der Waals surface area contributed by atoms with E-state index in [2.05, 4.69) is 17.5 Å². The number of benzene rings is 1. The molecule has 0 saturated carbocycles. The van der Waals surface area contributed by atoms with E-state index in [0.29, 0.717) is 16.5 Å². The third-order valence-electron chi connectivity index (χ3n) is 3.06. The molecule has 0 aliphatic heterocycles. The van der Waals surface area contributed by atoms with Crippen molar-refractivity contribution in [2.75, 3.05) is 12.4 Å². The zero-order chi connectivity index (χ0) is 13.0. The van der Waals surface area contributed by atoms with Gasteiger partial charge in [-0.05, 0) is 37.5 Å². The molecule has 1 atom stereocenters. The van der Waals surface area contributed by atoms with Crippen LogP contribution in [0.4, 0.5) is 5.69 Å². The lowest BCUT2D eigenvalue weighted by molar-refractivity contribution is -0.120. The van der Waals surface area contributed by atoms with E-state index in [4.69, 9.17) is 16.3 Å². The first-order valence-corrected chi connectivity index (χ1v) is 6.38. The number of rotatable bonds is 3. The normalized spacial score (nSPS) is 18.4. The molecule has 0 saturated heterocycles. The molecule has 1 aromatic carbocycles. The number of hydrogen-bond acceptors (Lipinski definition) is 2. The zero-order valence-corrected chi connectivity index (χ0v) is 11.0. The van der Waals surface area contributed by atoms with Crippen LogP contribution in [0, 0.1) is 5.92 Å². The summed E-state index contributed by atoms with van der Waals surface area (Å²) >= 11 is 6.01. The number of nitrogens with one attached hydrogen (secondary N) is 1. The number of carbonyl (C=O) groups excluding carboxylic acids is 1. The fourth-order valence-electron chi connectivity index (χ4n) is 2.02. The second kappa shape index (κ2) is 5.91. The van der Waals surface area contributed by atoms with Crippen LogP contribution in [0.25, 0.3) is 0 Å². The van der Waals surface area contributed by atoms with Crippen LogP contribution in [-0.4, -0.2) is 13.0 Å². The second-order valence-electron chi connectivity index (χ2n) is 4.32. The Balaban J connectivity index is 2.02. The Morgan fingerprint density at radius 2 is 2.28 bits per heavy atom. The number of halogens is 1. The molecule has 1 unspecified atom stereocenters. The van der Waals surface area contributed by atoms with Crippen molar-refractivity contribution in [3.63, 3.8) is 0 Å². The summed E-state index contributed by atoms with van der Waals surface area (Å²) in [7, 11) is 1.56. The summed E-state index contributed by atoms with van der Waals surface area (Å²) in [5.74, 6) is 0.728. The van der Waals surface area contributed by atoms with E-state index >= 15 is 0 Å². The summed E-state index contributed by atoms with van der Waals surface area (Å²) < 4.78 is 5.07. The first-order chi connectivity index (χ1) is 8.70. The lowest BCUT2D eigenvalue weighted by atomic mass is 9.93. The number of ether oxygens (including phenoxy) is 1. The second-order valence-corrected chi connectivity index (χ2v) is 4.73. The zero-order valence-electron chi connectivity index (χ0n) is 10.3. The van der Waals surface area contributed by atoms with Gasteiger partial charge in [0.1, 0.15) is 5.75 Å². The van der Waals surface area contributed by atoms with Crippen molar-refractivity contribution in [3.8, 4) is 5.75 Å². The van der Waals surface area contributed by atoms with Crippen LogP contribution in [0.15, 0.2) is 30.4 Å². The van der Waals surface area contributed by atoms with E-state index in [1.165, 1.54) is 0 Å². The SMILES string of the molecule is COc1ccc(NC(=O)C2CC=CCC2)cc1Cl. The van der Waals surface area contributed by atoms with Gasteiger partial charge >= 0.3 is 0 Å². The largest absolute Gasteiger partial charge is 0.495 e. The predicted octanol–water partition coefficient (Wildman–Crippen LogP) is 3.64. The predicted molar refractivity (Wildman–Crippen MR) is 73.1 cm³/mol. The van der Waals surface area contributed by atoms with Crippen molar-refractivity contribution in [2.45, 2.75) is 19.3 Å². The molecule has 96 valence electrons. The number of carbonyl (C=O) groups is 1. The van der Waals surface area contributed by atoms with Crippen LogP contribution in [0.1, 0.15) is 19.3 Å². The third kappa shape index (κ3) is 3.05. The first kappa shape index (κ1) is 13.0. The minimum Gasteiger partial charge on any atom is -0.495 e. The summed E-state index contributed by atoms with van der Waals surface area (Å²) in [5.41, 5.74) is 0.709. The van der Waals surface area contributed by atoms with Crippen molar-refractivity contribution in [1.82, 2.24) is 0 Å². The summed E-state index contributed by atoms with van der Waals surface area (Å²) in [6, 6.07) is 5.25. The van der Waals surface area contributed by atoms with Crippen LogP contribution >= 0.6 is 11.6 Å². The maximum absolute atomic E-state index is 12.0. The molecule has 0 aromatic heterocycles. The van der Waals surface area contributed by atoms with Crippen molar-refractivity contribution >= 4 is 23.2 Å². The van der Waals surface area contributed by atoms with Gasteiger partial charge in [0.05, 0.1) is 12.1 Å². The van der Waals surface area contributed by atoms with Crippen molar-refractivity contribution < 1.29 is 9.53 Å². The third-order valence-corrected chi connectivity index (χ3v) is 3.35. The number of hydrogen-bond donors (Lipinski definition) is 1. The molecule has 0 bridgehead atoms. The average Bonchev–Trinajstić information content (AvgIpc) is 2.40. The van der Waals surface area contributed by atoms with Crippen LogP contribution in [-0.2, 0) is 4.79 Å². The number of anilines is 1. The monoisotopic (exact) mass is 265 g/mol. The van der Waals surface area contributed by atoms with Crippen molar-refractivity contribution in [1.29, 1.82) is 0 Å². The molecule has 2 rings (SSSR count). The molecule has 0 radical (unpaired) electrons. The summed E-state index contributed by atoms with van der Waals surface area (Å²) in [6.07, 6.45) is 6.88. The maximum atomic E-state index is 12.0. The number of allylic oxidation sites excluding steroid dienone is 2. The molecule has 4 heteroatoms. The molecule has 1 aliphatic rings. The molecule has 1 amide bonds. The lowest BCUT2D eigenvalue weighted by Crippen LogP contribution is -2.23. The molecule has 18 heavy (non-hydrogen) atoms. The van der Waals surface area contributed by atoms with Gasteiger partial charge in [-0.25, -0.2) is 0 Å². The molecule has 0 spiro atoms. The van der Waals surface area contributed by atoms with Gasteiger partial charge in [0.25, 0.3) is 0 Å². The topological polar surface area (TPSA) is 38.3 Å². The highest BCUT2D eigenvalue weighted by atomic mass is 35.5. The average molecular weight is 266 g/mol. The van der Waals surface area contributed by atoms with Gasteiger partial charge in [-0.1, -0.05) is 23.8 Å². The fourth-order valence-corrected chi connectivity index (χ4v) is 2.28. The minimum atomic E-state index is 0.0561. The summed E-state index contributed by atoms with van der Waals surface area (Å²) in [5, 5.41) is 3.39. The van der Waals surface area contributed by atoms with Gasteiger partial charge in [-0.2, -0.15) is 0 Å². The Morgan fingerprint density at radius 3 is 2.89 bits per heavy atom. The lowest BCUT2D eigenvalue weighted by Gasteiger charge is -2.17. The summed E-state index contributed by atoms with van der Waals surface area (Å²) in [6.45, 7) is 0. The molecule has 0 heterocycles. The van der Waals surface area contributed by atoms with Gasteiger partial charge in [-0.3, -0.25) is 4.79 Å². The highest BCUT2D eigenvalue weighted by Crippen LogP contribution is 2.28.